The fraction of sp³-hybridized carbons (Fsp3) is 0.500. The minimum Gasteiger partial charge on any atom is -0.462 e. The van der Waals surface area contributed by atoms with Crippen molar-refractivity contribution in [2.24, 2.45) is 0 Å². The van der Waals surface area contributed by atoms with Crippen LogP contribution in [0.4, 0.5) is 0 Å². The quantitative estimate of drug-likeness (QED) is 0.297. The summed E-state index contributed by atoms with van der Waals surface area (Å²) in [7, 11) is 0. The first-order chi connectivity index (χ1) is 9.32. The van der Waals surface area contributed by atoms with Crippen molar-refractivity contribution in [1.82, 2.24) is 5.32 Å². The van der Waals surface area contributed by atoms with Crippen LogP contribution in [0.25, 0.3) is 0 Å². The number of carbonyl (C=O) groups is 3. The maximum Gasteiger partial charge on any atom is 0.333 e. The van der Waals surface area contributed by atoms with Gasteiger partial charge in [-0.05, 0) is 13.3 Å². The smallest absolute Gasteiger partial charge is 0.333 e. The fourth-order valence-electron chi connectivity index (χ4n) is 1.17. The van der Waals surface area contributed by atoms with Gasteiger partial charge in [-0.15, -0.1) is 0 Å². The van der Waals surface area contributed by atoms with Gasteiger partial charge in [0, 0.05) is 19.0 Å². The Balaban J connectivity index is 3.67. The van der Waals surface area contributed by atoms with Crippen LogP contribution in [0.5, 0.6) is 0 Å². The second kappa shape index (κ2) is 9.77. The SMILES string of the molecule is C=C(CCNC(C)=O)CC(=O)OCCOC(=O)C(=C)C. The van der Waals surface area contributed by atoms with E-state index in [1.165, 1.54) is 13.8 Å². The molecule has 112 valence electrons. The lowest BCUT2D eigenvalue weighted by atomic mass is 10.1. The first-order valence-corrected chi connectivity index (χ1v) is 6.22. The van der Waals surface area contributed by atoms with E-state index < -0.39 is 11.9 Å². The van der Waals surface area contributed by atoms with Gasteiger partial charge < -0.3 is 14.8 Å². The molecule has 1 amide bonds. The van der Waals surface area contributed by atoms with Crippen LogP contribution < -0.4 is 5.32 Å². The molecule has 6 nitrogen and oxygen atoms in total. The summed E-state index contributed by atoms with van der Waals surface area (Å²) in [6.07, 6.45) is 0.591. The molecule has 6 heteroatoms. The van der Waals surface area contributed by atoms with Gasteiger partial charge in [-0.1, -0.05) is 18.7 Å². The van der Waals surface area contributed by atoms with E-state index in [0.29, 0.717) is 24.1 Å². The minimum absolute atomic E-state index is 0.00315. The Hall–Kier alpha value is -2.11. The molecule has 0 spiro atoms. The highest BCUT2D eigenvalue weighted by Crippen LogP contribution is 2.04. The molecule has 0 radical (unpaired) electrons. The second-order valence-corrected chi connectivity index (χ2v) is 4.30. The third-order valence-corrected chi connectivity index (χ3v) is 2.17. The van der Waals surface area contributed by atoms with Gasteiger partial charge in [-0.25, -0.2) is 4.79 Å². The van der Waals surface area contributed by atoms with Crippen LogP contribution in [0.3, 0.4) is 0 Å². The van der Waals surface area contributed by atoms with Crippen LogP contribution in [-0.2, 0) is 23.9 Å². The molecule has 0 atom stereocenters. The van der Waals surface area contributed by atoms with Gasteiger partial charge >= 0.3 is 11.9 Å². The molecular weight excluding hydrogens is 262 g/mol. The Morgan fingerprint density at radius 2 is 1.65 bits per heavy atom. The third-order valence-electron chi connectivity index (χ3n) is 2.17. The van der Waals surface area contributed by atoms with Gasteiger partial charge in [-0.2, -0.15) is 0 Å². The highest BCUT2D eigenvalue weighted by Gasteiger charge is 2.07. The van der Waals surface area contributed by atoms with Crippen LogP contribution in [0.15, 0.2) is 24.3 Å². The summed E-state index contributed by atoms with van der Waals surface area (Å²) in [5.41, 5.74) is 0.963. The molecule has 20 heavy (non-hydrogen) atoms. The van der Waals surface area contributed by atoms with Crippen LogP contribution in [-0.4, -0.2) is 37.6 Å². The number of carbonyl (C=O) groups excluding carboxylic acids is 3. The maximum absolute atomic E-state index is 11.4. The van der Waals surface area contributed by atoms with Gasteiger partial charge in [0.1, 0.15) is 13.2 Å². The molecule has 0 aliphatic rings. The Morgan fingerprint density at radius 1 is 1.05 bits per heavy atom. The summed E-state index contributed by atoms with van der Waals surface area (Å²) >= 11 is 0. The average molecular weight is 283 g/mol. The fourth-order valence-corrected chi connectivity index (χ4v) is 1.17. The van der Waals surface area contributed by atoms with Crippen molar-refractivity contribution in [3.8, 4) is 0 Å². The topological polar surface area (TPSA) is 81.7 Å². The summed E-state index contributed by atoms with van der Waals surface area (Å²) in [6, 6.07) is 0. The molecule has 0 heterocycles. The van der Waals surface area contributed by atoms with Crippen molar-refractivity contribution in [3.63, 3.8) is 0 Å². The van der Waals surface area contributed by atoms with E-state index in [1.54, 1.807) is 0 Å². The first kappa shape index (κ1) is 17.9. The molecule has 0 saturated heterocycles. The van der Waals surface area contributed by atoms with Crippen molar-refractivity contribution in [3.05, 3.63) is 24.3 Å². The molecule has 0 bridgehead atoms. The van der Waals surface area contributed by atoms with Crippen molar-refractivity contribution in [2.75, 3.05) is 19.8 Å². The predicted molar refractivity (Wildman–Crippen MR) is 73.8 cm³/mol. The average Bonchev–Trinajstić information content (AvgIpc) is 2.33. The van der Waals surface area contributed by atoms with E-state index in [4.69, 9.17) is 9.47 Å². The molecule has 0 saturated carbocycles. The van der Waals surface area contributed by atoms with Crippen molar-refractivity contribution < 1.29 is 23.9 Å². The number of amides is 1. The zero-order valence-electron chi connectivity index (χ0n) is 12.0. The molecule has 0 aromatic heterocycles. The Kier molecular flexibility index (Phi) is 8.74. The number of ether oxygens (including phenoxy) is 2. The number of hydrogen-bond donors (Lipinski definition) is 1. The maximum atomic E-state index is 11.4. The van der Waals surface area contributed by atoms with Gasteiger partial charge in [0.25, 0.3) is 0 Å². The number of esters is 2. The number of nitrogens with one attached hydrogen (secondary N) is 1. The van der Waals surface area contributed by atoms with E-state index in [1.807, 2.05) is 0 Å². The van der Waals surface area contributed by atoms with Crippen molar-refractivity contribution in [1.29, 1.82) is 0 Å². The molecule has 0 aromatic rings. The molecule has 0 rings (SSSR count). The zero-order valence-corrected chi connectivity index (χ0v) is 12.0. The standard InChI is InChI=1S/C14H21NO5/c1-10(2)14(18)20-8-7-19-13(17)9-11(3)5-6-15-12(4)16/h1,3,5-9H2,2,4H3,(H,15,16). The van der Waals surface area contributed by atoms with Crippen LogP contribution in [0.2, 0.25) is 0 Å². The van der Waals surface area contributed by atoms with E-state index in [2.05, 4.69) is 18.5 Å². The Morgan fingerprint density at radius 3 is 2.20 bits per heavy atom. The van der Waals surface area contributed by atoms with E-state index in [9.17, 15) is 14.4 Å². The van der Waals surface area contributed by atoms with E-state index in [-0.39, 0.29) is 25.5 Å². The molecule has 0 aliphatic heterocycles. The van der Waals surface area contributed by atoms with Crippen LogP contribution in [0.1, 0.15) is 26.7 Å². The molecular formula is C14H21NO5. The van der Waals surface area contributed by atoms with E-state index >= 15 is 0 Å². The lowest BCUT2D eigenvalue weighted by Crippen LogP contribution is -2.21. The first-order valence-electron chi connectivity index (χ1n) is 6.22. The van der Waals surface area contributed by atoms with Gasteiger partial charge in [0.2, 0.25) is 5.91 Å². The molecule has 0 aliphatic carbocycles. The van der Waals surface area contributed by atoms with Crippen LogP contribution in [0, 0.1) is 0 Å². The van der Waals surface area contributed by atoms with Gasteiger partial charge in [0.05, 0.1) is 6.42 Å². The second-order valence-electron chi connectivity index (χ2n) is 4.30. The molecule has 1 N–H and O–H groups in total. The molecule has 0 aromatic carbocycles. The highest BCUT2D eigenvalue weighted by atomic mass is 16.6. The van der Waals surface area contributed by atoms with Gasteiger partial charge in [-0.3, -0.25) is 9.59 Å². The van der Waals surface area contributed by atoms with Crippen LogP contribution >= 0.6 is 0 Å². The highest BCUT2D eigenvalue weighted by molar-refractivity contribution is 5.86. The summed E-state index contributed by atoms with van der Waals surface area (Å²) in [5, 5.41) is 2.61. The predicted octanol–water partition coefficient (Wildman–Crippen LogP) is 1.12. The number of rotatable bonds is 9. The zero-order chi connectivity index (χ0) is 15.5. The normalized spacial score (nSPS) is 9.50. The van der Waals surface area contributed by atoms with Gasteiger partial charge in [0.15, 0.2) is 0 Å². The summed E-state index contributed by atoms with van der Waals surface area (Å²) in [4.78, 5) is 33.1. The third kappa shape index (κ3) is 9.87. The van der Waals surface area contributed by atoms with Crippen molar-refractivity contribution in [2.45, 2.75) is 26.7 Å². The Labute approximate surface area is 118 Å². The summed E-state index contributed by atoms with van der Waals surface area (Å²) < 4.78 is 9.64. The number of hydrogen-bond acceptors (Lipinski definition) is 5. The molecule has 0 fully saturated rings. The molecule has 0 unspecified atom stereocenters. The Bertz CT molecular complexity index is 400. The van der Waals surface area contributed by atoms with Crippen molar-refractivity contribution >= 4 is 17.8 Å². The summed E-state index contributed by atoms with van der Waals surface area (Å²) in [6.45, 7) is 10.5. The lowest BCUT2D eigenvalue weighted by Gasteiger charge is -2.08. The minimum atomic E-state index is -0.513. The largest absolute Gasteiger partial charge is 0.462 e. The summed E-state index contributed by atoms with van der Waals surface area (Å²) in [5.74, 6) is -1.08. The van der Waals surface area contributed by atoms with E-state index in [0.717, 1.165) is 0 Å². The monoisotopic (exact) mass is 283 g/mol. The lowest BCUT2D eigenvalue weighted by molar-refractivity contribution is -0.149.